The van der Waals surface area contributed by atoms with Gasteiger partial charge in [-0.2, -0.15) is 5.21 Å². The van der Waals surface area contributed by atoms with Crippen molar-refractivity contribution in [2.24, 2.45) is 5.92 Å². The van der Waals surface area contributed by atoms with Gasteiger partial charge in [0.25, 0.3) is 5.91 Å². The summed E-state index contributed by atoms with van der Waals surface area (Å²) >= 11 is 0. The van der Waals surface area contributed by atoms with Gasteiger partial charge in [-0.3, -0.25) is 4.79 Å². The van der Waals surface area contributed by atoms with Crippen LogP contribution in [0.3, 0.4) is 0 Å². The molecule has 3 rings (SSSR count). The number of amides is 1. The lowest BCUT2D eigenvalue weighted by molar-refractivity contribution is 0.0677. The van der Waals surface area contributed by atoms with Crippen LogP contribution in [0.1, 0.15) is 49.0 Å². The second-order valence-corrected chi connectivity index (χ2v) is 6.16. The number of nitrogens with one attached hydrogen (secondary N) is 1. The average Bonchev–Trinajstić information content (AvgIpc) is 3.18. The maximum atomic E-state index is 12.7. The van der Waals surface area contributed by atoms with Crippen molar-refractivity contribution in [3.8, 4) is 0 Å². The third kappa shape index (κ3) is 3.03. The van der Waals surface area contributed by atoms with Crippen molar-refractivity contribution < 1.29 is 4.79 Å². The average molecular weight is 302 g/mol. The number of tetrazole rings is 1. The molecule has 118 valence electrons. The maximum Gasteiger partial charge on any atom is 0.270 e. The fourth-order valence-electron chi connectivity index (χ4n) is 3.05. The molecule has 2 aromatic rings. The molecule has 22 heavy (non-hydrogen) atoms. The smallest absolute Gasteiger partial charge is 0.270 e. The summed E-state index contributed by atoms with van der Waals surface area (Å²) in [6.07, 6.45) is 4.78. The highest BCUT2D eigenvalue weighted by Crippen LogP contribution is 2.22. The van der Waals surface area contributed by atoms with Crippen LogP contribution < -0.4 is 0 Å². The van der Waals surface area contributed by atoms with Gasteiger partial charge < -0.3 is 9.47 Å². The zero-order chi connectivity index (χ0) is 15.5. The summed E-state index contributed by atoms with van der Waals surface area (Å²) in [5, 5.41) is 14.1. The summed E-state index contributed by atoms with van der Waals surface area (Å²) in [4.78, 5) is 14.6. The third-order valence-electron chi connectivity index (χ3n) is 4.32. The van der Waals surface area contributed by atoms with Gasteiger partial charge in [-0.05, 0) is 44.7 Å². The molecule has 0 saturated carbocycles. The minimum atomic E-state index is 0.136. The lowest BCUT2D eigenvalue weighted by Crippen LogP contribution is -2.39. The molecule has 7 nitrogen and oxygen atoms in total. The number of carbonyl (C=O) groups is 1. The van der Waals surface area contributed by atoms with Crippen molar-refractivity contribution in [3.05, 3.63) is 29.8 Å². The number of H-pyrrole nitrogens is 1. The Balaban J connectivity index is 1.59. The van der Waals surface area contributed by atoms with Crippen molar-refractivity contribution >= 4 is 5.91 Å². The van der Waals surface area contributed by atoms with Crippen LogP contribution in [0.4, 0.5) is 0 Å². The molecule has 0 aromatic carbocycles. The van der Waals surface area contributed by atoms with Crippen LogP contribution in [-0.2, 0) is 6.42 Å². The van der Waals surface area contributed by atoms with Crippen molar-refractivity contribution in [1.29, 1.82) is 0 Å². The monoisotopic (exact) mass is 302 g/mol. The Bertz CT molecular complexity index is 610. The van der Waals surface area contributed by atoms with Crippen LogP contribution in [0, 0.1) is 5.92 Å². The third-order valence-corrected chi connectivity index (χ3v) is 4.32. The summed E-state index contributed by atoms with van der Waals surface area (Å²) < 4.78 is 2.04. The number of aromatic nitrogens is 5. The van der Waals surface area contributed by atoms with Crippen molar-refractivity contribution in [1.82, 2.24) is 30.1 Å². The second kappa shape index (κ2) is 6.29. The van der Waals surface area contributed by atoms with Crippen LogP contribution in [0.25, 0.3) is 0 Å². The number of nitrogens with zero attached hydrogens (tertiary/aromatic N) is 5. The van der Waals surface area contributed by atoms with E-state index in [9.17, 15) is 4.79 Å². The molecule has 0 unspecified atom stereocenters. The molecule has 7 heteroatoms. The number of carbonyl (C=O) groups excluding carboxylic acids is 1. The predicted molar refractivity (Wildman–Crippen MR) is 81.3 cm³/mol. The Hall–Kier alpha value is -2.18. The number of hydrogen-bond donors (Lipinski definition) is 1. The van der Waals surface area contributed by atoms with Gasteiger partial charge in [-0.1, -0.05) is 5.21 Å². The molecule has 1 saturated heterocycles. The quantitative estimate of drug-likeness (QED) is 0.932. The van der Waals surface area contributed by atoms with E-state index in [2.05, 4.69) is 34.5 Å². The lowest BCUT2D eigenvalue weighted by Gasteiger charge is -2.32. The van der Waals surface area contributed by atoms with Gasteiger partial charge in [-0.25, -0.2) is 0 Å². The van der Waals surface area contributed by atoms with Gasteiger partial charge in [0.05, 0.1) is 0 Å². The van der Waals surface area contributed by atoms with Crippen LogP contribution in [0.5, 0.6) is 0 Å². The van der Waals surface area contributed by atoms with Crippen molar-refractivity contribution in [2.75, 3.05) is 13.1 Å². The van der Waals surface area contributed by atoms with Gasteiger partial charge >= 0.3 is 0 Å². The molecule has 0 radical (unpaired) electrons. The van der Waals surface area contributed by atoms with Gasteiger partial charge in [0, 0.05) is 31.7 Å². The standard InChI is InChI=1S/C15H22N6O/c1-11(2)21-7-3-4-13(21)15(22)20-8-5-12(6-9-20)10-14-16-18-19-17-14/h3-4,7,11-12H,5-6,8-10H2,1-2H3,(H,16,17,18,19). The lowest BCUT2D eigenvalue weighted by atomic mass is 9.93. The molecule has 3 heterocycles. The minimum Gasteiger partial charge on any atom is -0.341 e. The highest BCUT2D eigenvalue weighted by molar-refractivity contribution is 5.92. The largest absolute Gasteiger partial charge is 0.341 e. The first-order valence-electron chi connectivity index (χ1n) is 7.83. The Morgan fingerprint density at radius 2 is 2.18 bits per heavy atom. The highest BCUT2D eigenvalue weighted by Gasteiger charge is 2.26. The molecular weight excluding hydrogens is 280 g/mol. The summed E-state index contributed by atoms with van der Waals surface area (Å²) in [6.45, 7) is 5.77. The first-order chi connectivity index (χ1) is 10.6. The summed E-state index contributed by atoms with van der Waals surface area (Å²) in [5.41, 5.74) is 0.784. The molecule has 1 N–H and O–H groups in total. The van der Waals surface area contributed by atoms with Gasteiger partial charge in [0.2, 0.25) is 0 Å². The van der Waals surface area contributed by atoms with E-state index < -0.39 is 0 Å². The fraction of sp³-hybridized carbons (Fsp3) is 0.600. The molecule has 1 amide bonds. The molecule has 2 aromatic heterocycles. The highest BCUT2D eigenvalue weighted by atomic mass is 16.2. The van der Waals surface area contributed by atoms with Crippen LogP contribution in [-0.4, -0.2) is 49.1 Å². The second-order valence-electron chi connectivity index (χ2n) is 6.16. The van der Waals surface area contributed by atoms with Crippen LogP contribution in [0.15, 0.2) is 18.3 Å². The maximum absolute atomic E-state index is 12.7. The van der Waals surface area contributed by atoms with Crippen LogP contribution in [0.2, 0.25) is 0 Å². The Morgan fingerprint density at radius 3 is 2.82 bits per heavy atom. The van der Waals surface area contributed by atoms with E-state index >= 15 is 0 Å². The first-order valence-corrected chi connectivity index (χ1v) is 7.83. The van der Waals surface area contributed by atoms with Gasteiger partial charge in [0.15, 0.2) is 5.82 Å². The van der Waals surface area contributed by atoms with E-state index in [1.165, 1.54) is 0 Å². The molecule has 0 aliphatic carbocycles. The summed E-state index contributed by atoms with van der Waals surface area (Å²) in [7, 11) is 0. The molecule has 0 spiro atoms. The summed E-state index contributed by atoms with van der Waals surface area (Å²) in [6, 6.07) is 4.15. The zero-order valence-electron chi connectivity index (χ0n) is 13.1. The fourth-order valence-corrected chi connectivity index (χ4v) is 3.05. The van der Waals surface area contributed by atoms with E-state index in [0.717, 1.165) is 43.9 Å². The number of piperidine rings is 1. The molecule has 1 aliphatic heterocycles. The molecular formula is C15H22N6O. The topological polar surface area (TPSA) is 79.7 Å². The van der Waals surface area contributed by atoms with Gasteiger partial charge in [0.1, 0.15) is 5.69 Å². The molecule has 0 bridgehead atoms. The zero-order valence-corrected chi connectivity index (χ0v) is 13.1. The number of likely N-dealkylation sites (tertiary alicyclic amines) is 1. The minimum absolute atomic E-state index is 0.136. The number of hydrogen-bond acceptors (Lipinski definition) is 4. The van der Waals surface area contributed by atoms with Gasteiger partial charge in [-0.15, -0.1) is 10.2 Å². The Morgan fingerprint density at radius 1 is 1.41 bits per heavy atom. The molecule has 0 atom stereocenters. The Labute approximate surface area is 129 Å². The number of aromatic amines is 1. The van der Waals surface area contributed by atoms with E-state index in [-0.39, 0.29) is 5.91 Å². The molecule has 1 fully saturated rings. The van der Waals surface area contributed by atoms with Crippen molar-refractivity contribution in [2.45, 2.75) is 39.2 Å². The van der Waals surface area contributed by atoms with Crippen LogP contribution >= 0.6 is 0 Å². The predicted octanol–water partition coefficient (Wildman–Crippen LogP) is 1.68. The first kappa shape index (κ1) is 14.7. The summed E-state index contributed by atoms with van der Waals surface area (Å²) in [5.74, 6) is 1.42. The SMILES string of the molecule is CC(C)n1cccc1C(=O)N1CCC(Cc2nn[nH]n2)CC1. The normalized spacial score (nSPS) is 16.4. The Kier molecular flexibility index (Phi) is 4.22. The van der Waals surface area contributed by atoms with E-state index in [1.807, 2.05) is 27.8 Å². The van der Waals surface area contributed by atoms with E-state index in [1.54, 1.807) is 0 Å². The molecule has 1 aliphatic rings. The van der Waals surface area contributed by atoms with E-state index in [0.29, 0.717) is 12.0 Å². The van der Waals surface area contributed by atoms with E-state index in [4.69, 9.17) is 0 Å². The van der Waals surface area contributed by atoms with Crippen molar-refractivity contribution in [3.63, 3.8) is 0 Å². The number of rotatable bonds is 4.